The molecule has 0 aliphatic heterocycles. The minimum absolute atomic E-state index is 0.0268. The number of nitrogens with zero attached hydrogens (tertiary/aromatic N) is 1. The zero-order chi connectivity index (χ0) is 21.0. The molecule has 0 saturated carbocycles. The average Bonchev–Trinajstić information content (AvgIpc) is 2.69. The number of carbonyl (C=O) groups excluding carboxylic acids is 1. The summed E-state index contributed by atoms with van der Waals surface area (Å²) in [5, 5.41) is 28.1. The van der Waals surface area contributed by atoms with Crippen LogP contribution in [0.2, 0.25) is 0 Å². The second-order valence-electron chi connectivity index (χ2n) is 7.10. The maximum Gasteiger partial charge on any atom is 0.257 e. The third-order valence-electron chi connectivity index (χ3n) is 4.33. The van der Waals surface area contributed by atoms with E-state index in [1.54, 1.807) is 32.1 Å². The highest BCUT2D eigenvalue weighted by molar-refractivity contribution is 6.49. The molecule has 4 N–H and O–H groups in total. The predicted molar refractivity (Wildman–Crippen MR) is 110 cm³/mol. The van der Waals surface area contributed by atoms with Gasteiger partial charge in [0.15, 0.2) is 0 Å². The summed E-state index contributed by atoms with van der Waals surface area (Å²) in [4.78, 5) is 16.8. The Balaban J connectivity index is 1.69. The van der Waals surface area contributed by atoms with Crippen molar-refractivity contribution in [1.82, 2.24) is 10.3 Å². The van der Waals surface area contributed by atoms with Gasteiger partial charge in [0.25, 0.3) is 5.91 Å². The van der Waals surface area contributed by atoms with E-state index in [9.17, 15) is 9.90 Å². The van der Waals surface area contributed by atoms with Crippen molar-refractivity contribution in [3.63, 3.8) is 0 Å². The Morgan fingerprint density at radius 3 is 2.52 bits per heavy atom. The Morgan fingerprint density at radius 2 is 1.86 bits per heavy atom. The van der Waals surface area contributed by atoms with Gasteiger partial charge in [-0.2, -0.15) is 0 Å². The lowest BCUT2D eigenvalue weighted by Crippen LogP contribution is -2.24. The largest absolute Gasteiger partial charge is 0.438 e. The Hall–Kier alpha value is -3.58. The number of hydrogen-bond donors (Lipinski definition) is 4. The molecule has 0 bridgehead atoms. The van der Waals surface area contributed by atoms with Crippen LogP contribution in [0.25, 0.3) is 0 Å². The van der Waals surface area contributed by atoms with Gasteiger partial charge in [0.2, 0.25) is 5.88 Å². The van der Waals surface area contributed by atoms with E-state index in [-0.39, 0.29) is 28.8 Å². The number of aliphatic hydroxyl groups is 1. The molecule has 0 fully saturated rings. The first-order valence-electron chi connectivity index (χ1n) is 9.04. The third kappa shape index (κ3) is 5.03. The molecule has 0 spiro atoms. The van der Waals surface area contributed by atoms with Gasteiger partial charge in [-0.05, 0) is 49.3 Å². The van der Waals surface area contributed by atoms with Crippen molar-refractivity contribution in [2.24, 2.45) is 0 Å². The van der Waals surface area contributed by atoms with Crippen LogP contribution in [0.15, 0.2) is 66.6 Å². The number of benzene rings is 1. The van der Waals surface area contributed by atoms with E-state index in [0.29, 0.717) is 12.3 Å². The summed E-state index contributed by atoms with van der Waals surface area (Å²) >= 11 is 0. The lowest BCUT2D eigenvalue weighted by Gasteiger charge is -2.18. The molecule has 1 aliphatic carbocycles. The summed E-state index contributed by atoms with van der Waals surface area (Å²) in [5.41, 5.74) is 1.15. The van der Waals surface area contributed by atoms with Gasteiger partial charge in [0, 0.05) is 18.8 Å². The molecule has 1 aromatic heterocycles. The van der Waals surface area contributed by atoms with Crippen LogP contribution in [0.1, 0.15) is 35.3 Å². The zero-order valence-electron chi connectivity index (χ0n) is 16.2. The molecule has 0 unspecified atom stereocenters. The molecule has 1 heterocycles. The Morgan fingerprint density at radius 1 is 1.14 bits per heavy atom. The molecular formula is C22H22N4O3. The molecule has 7 heteroatoms. The number of carbonyl (C=O) groups is 1. The molecule has 0 atom stereocenters. The first-order valence-corrected chi connectivity index (χ1v) is 9.04. The maximum atomic E-state index is 12.6. The van der Waals surface area contributed by atoms with Gasteiger partial charge in [-0.25, -0.2) is 4.98 Å². The monoisotopic (exact) mass is 390 g/mol. The van der Waals surface area contributed by atoms with Crippen molar-refractivity contribution < 1.29 is 14.6 Å². The number of rotatable bonds is 6. The van der Waals surface area contributed by atoms with Gasteiger partial charge in [0.1, 0.15) is 11.3 Å². The van der Waals surface area contributed by atoms with Crippen LogP contribution in [0.4, 0.5) is 0 Å². The topological polar surface area (TPSA) is 119 Å². The van der Waals surface area contributed by atoms with Crippen LogP contribution in [-0.2, 0) is 12.1 Å². The summed E-state index contributed by atoms with van der Waals surface area (Å²) in [6, 6.07) is 10.6. The molecule has 2 aromatic rings. The van der Waals surface area contributed by atoms with Crippen LogP contribution >= 0.6 is 0 Å². The van der Waals surface area contributed by atoms with E-state index in [1.165, 1.54) is 18.3 Å². The van der Waals surface area contributed by atoms with Crippen LogP contribution < -0.4 is 10.1 Å². The number of pyridine rings is 1. The van der Waals surface area contributed by atoms with Crippen molar-refractivity contribution in [1.29, 1.82) is 10.8 Å². The number of allylic oxidation sites excluding steroid dienone is 3. The van der Waals surface area contributed by atoms with Crippen molar-refractivity contribution >= 4 is 17.3 Å². The summed E-state index contributed by atoms with van der Waals surface area (Å²) < 4.78 is 5.67. The molecule has 0 saturated heterocycles. The minimum atomic E-state index is -0.916. The van der Waals surface area contributed by atoms with Crippen LogP contribution in [0, 0.1) is 10.8 Å². The van der Waals surface area contributed by atoms with Crippen molar-refractivity contribution in [2.45, 2.75) is 26.0 Å². The second-order valence-corrected chi connectivity index (χ2v) is 7.10. The number of amides is 1. The van der Waals surface area contributed by atoms with Crippen LogP contribution in [0.3, 0.4) is 0 Å². The molecule has 29 heavy (non-hydrogen) atoms. The van der Waals surface area contributed by atoms with Crippen molar-refractivity contribution in [3.8, 4) is 5.88 Å². The Bertz CT molecular complexity index is 1020. The normalized spacial score (nSPS) is 13.8. The minimum Gasteiger partial charge on any atom is -0.438 e. The van der Waals surface area contributed by atoms with E-state index in [1.807, 2.05) is 24.3 Å². The zero-order valence-corrected chi connectivity index (χ0v) is 16.2. The second kappa shape index (κ2) is 8.20. The quantitative estimate of drug-likeness (QED) is 0.567. The van der Waals surface area contributed by atoms with E-state index in [2.05, 4.69) is 10.3 Å². The third-order valence-corrected chi connectivity index (χ3v) is 4.33. The lowest BCUT2D eigenvalue weighted by atomic mass is 9.97. The number of hydrogen-bond acceptors (Lipinski definition) is 6. The fraction of sp³-hybridized carbons (Fsp3) is 0.182. The van der Waals surface area contributed by atoms with Crippen LogP contribution in [0.5, 0.6) is 5.88 Å². The Kier molecular flexibility index (Phi) is 5.70. The molecule has 1 aromatic carbocycles. The van der Waals surface area contributed by atoms with Gasteiger partial charge in [-0.1, -0.05) is 24.3 Å². The summed E-state index contributed by atoms with van der Waals surface area (Å²) in [7, 11) is 0. The SMILES string of the molecule is CC(C)(O)c1ccc(CNC(=O)c2cccnc2OC2=CC(=N)C(=N)C=C2)cc1. The van der Waals surface area contributed by atoms with Crippen molar-refractivity contribution in [3.05, 3.63) is 83.3 Å². The molecule has 0 radical (unpaired) electrons. The molecule has 1 amide bonds. The highest BCUT2D eigenvalue weighted by Crippen LogP contribution is 2.21. The molecule has 148 valence electrons. The number of ether oxygens (including phenoxy) is 1. The van der Waals surface area contributed by atoms with Crippen LogP contribution in [-0.4, -0.2) is 27.4 Å². The maximum absolute atomic E-state index is 12.6. The van der Waals surface area contributed by atoms with Gasteiger partial charge in [-0.3, -0.25) is 15.6 Å². The first kappa shape index (κ1) is 20.2. The predicted octanol–water partition coefficient (Wildman–Crippen LogP) is 3.11. The summed E-state index contributed by atoms with van der Waals surface area (Å²) in [6.45, 7) is 3.74. The summed E-state index contributed by atoms with van der Waals surface area (Å²) in [6.07, 6.45) is 5.93. The lowest BCUT2D eigenvalue weighted by molar-refractivity contribution is 0.0785. The van der Waals surface area contributed by atoms with E-state index in [0.717, 1.165) is 11.1 Å². The van der Waals surface area contributed by atoms with Gasteiger partial charge in [0.05, 0.1) is 17.0 Å². The number of aromatic nitrogens is 1. The highest BCUT2D eigenvalue weighted by Gasteiger charge is 2.17. The van der Waals surface area contributed by atoms with E-state index >= 15 is 0 Å². The van der Waals surface area contributed by atoms with E-state index in [4.69, 9.17) is 15.6 Å². The smallest absolute Gasteiger partial charge is 0.257 e. The fourth-order valence-electron chi connectivity index (χ4n) is 2.65. The van der Waals surface area contributed by atoms with Gasteiger partial charge < -0.3 is 15.2 Å². The van der Waals surface area contributed by atoms with E-state index < -0.39 is 5.60 Å². The summed E-state index contributed by atoms with van der Waals surface area (Å²) in [5.74, 6) is 0.114. The number of nitrogens with one attached hydrogen (secondary N) is 3. The fourth-order valence-corrected chi connectivity index (χ4v) is 2.65. The highest BCUT2D eigenvalue weighted by atomic mass is 16.5. The molecule has 1 aliphatic rings. The molecule has 3 rings (SSSR count). The standard InChI is InChI=1S/C22H22N4O3/c1-22(2,28)15-7-5-14(6-8-15)13-26-20(27)17-4-3-11-25-21(17)29-16-9-10-18(23)19(24)12-16/h3-12,23-24,28H,13H2,1-2H3,(H,26,27). The molecular weight excluding hydrogens is 368 g/mol. The van der Waals surface area contributed by atoms with Crippen molar-refractivity contribution in [2.75, 3.05) is 0 Å². The molecule has 7 nitrogen and oxygen atoms in total. The Labute approximate surface area is 168 Å². The van der Waals surface area contributed by atoms with Gasteiger partial charge in [-0.15, -0.1) is 0 Å². The van der Waals surface area contributed by atoms with Gasteiger partial charge >= 0.3 is 0 Å². The first-order chi connectivity index (χ1) is 13.7. The average molecular weight is 390 g/mol.